The van der Waals surface area contributed by atoms with Gasteiger partial charge in [0.25, 0.3) is 5.91 Å². The van der Waals surface area contributed by atoms with Crippen LogP contribution in [0.2, 0.25) is 0 Å². The van der Waals surface area contributed by atoms with Crippen molar-refractivity contribution in [1.29, 1.82) is 0 Å². The number of thiophene rings is 1. The minimum atomic E-state index is -0.442. The molecule has 7 heteroatoms. The van der Waals surface area contributed by atoms with Gasteiger partial charge in [0, 0.05) is 28.9 Å². The van der Waals surface area contributed by atoms with Gasteiger partial charge in [-0.05, 0) is 19.9 Å². The molecule has 0 saturated carbocycles. The Morgan fingerprint density at radius 3 is 2.75 bits per heavy atom. The Kier molecular flexibility index (Phi) is 4.35. The molecule has 1 amide bonds. The highest BCUT2D eigenvalue weighted by Gasteiger charge is 2.23. The minimum Gasteiger partial charge on any atom is -0.462 e. The summed E-state index contributed by atoms with van der Waals surface area (Å²) >= 11 is 1.35. The highest BCUT2D eigenvalue weighted by Crippen LogP contribution is 2.36. The standard InChI is InChI=1S/C17H17N3O3S/c1-4-23-17(22)13-11-7-5-6-8-12(11)24-16(13)18-15(21)14-10(2)9-20(3)19-14/h5-9H,4H2,1-3H3,(H,18,21). The van der Waals surface area contributed by atoms with Crippen molar-refractivity contribution in [3.8, 4) is 0 Å². The fourth-order valence-electron chi connectivity index (χ4n) is 2.53. The Hall–Kier alpha value is -2.67. The van der Waals surface area contributed by atoms with E-state index < -0.39 is 5.97 Å². The second-order valence-electron chi connectivity index (χ2n) is 5.31. The number of aromatic nitrogens is 2. The molecule has 0 aliphatic carbocycles. The Labute approximate surface area is 143 Å². The van der Waals surface area contributed by atoms with Crippen molar-refractivity contribution in [1.82, 2.24) is 9.78 Å². The molecule has 1 N–H and O–H groups in total. The summed E-state index contributed by atoms with van der Waals surface area (Å²) in [5.74, 6) is -0.784. The van der Waals surface area contributed by atoms with Crippen LogP contribution in [0.5, 0.6) is 0 Å². The lowest BCUT2D eigenvalue weighted by Crippen LogP contribution is -2.16. The topological polar surface area (TPSA) is 73.2 Å². The summed E-state index contributed by atoms with van der Waals surface area (Å²) in [7, 11) is 1.76. The third kappa shape index (κ3) is 2.90. The number of hydrogen-bond acceptors (Lipinski definition) is 5. The van der Waals surface area contributed by atoms with Crippen molar-refractivity contribution in [3.05, 3.63) is 47.3 Å². The number of benzene rings is 1. The Morgan fingerprint density at radius 1 is 1.33 bits per heavy atom. The van der Waals surface area contributed by atoms with Gasteiger partial charge in [0.2, 0.25) is 0 Å². The van der Waals surface area contributed by atoms with Gasteiger partial charge in [-0.2, -0.15) is 5.10 Å². The van der Waals surface area contributed by atoms with Gasteiger partial charge < -0.3 is 10.1 Å². The van der Waals surface area contributed by atoms with E-state index in [1.54, 1.807) is 24.9 Å². The number of nitrogens with zero attached hydrogens (tertiary/aromatic N) is 2. The first-order valence-electron chi connectivity index (χ1n) is 7.51. The molecule has 1 aromatic carbocycles. The highest BCUT2D eigenvalue weighted by molar-refractivity contribution is 7.23. The number of ether oxygens (including phenoxy) is 1. The van der Waals surface area contributed by atoms with Crippen LogP contribution in [0, 0.1) is 6.92 Å². The molecule has 0 fully saturated rings. The molecular weight excluding hydrogens is 326 g/mol. The van der Waals surface area contributed by atoms with Gasteiger partial charge in [-0.25, -0.2) is 4.79 Å². The Bertz CT molecular complexity index is 926. The van der Waals surface area contributed by atoms with Crippen LogP contribution in [-0.2, 0) is 11.8 Å². The summed E-state index contributed by atoms with van der Waals surface area (Å²) < 4.78 is 7.64. The average molecular weight is 343 g/mol. The van der Waals surface area contributed by atoms with Crippen molar-refractivity contribution in [3.63, 3.8) is 0 Å². The SMILES string of the molecule is CCOC(=O)c1c(NC(=O)c2nn(C)cc2C)sc2ccccc12. The van der Waals surface area contributed by atoms with Crippen molar-refractivity contribution in [2.75, 3.05) is 11.9 Å². The molecule has 2 aromatic heterocycles. The monoisotopic (exact) mass is 343 g/mol. The normalized spacial score (nSPS) is 10.8. The summed E-state index contributed by atoms with van der Waals surface area (Å²) in [6.45, 7) is 3.84. The van der Waals surface area contributed by atoms with E-state index in [0.29, 0.717) is 16.3 Å². The molecule has 0 spiro atoms. The van der Waals surface area contributed by atoms with E-state index in [9.17, 15) is 9.59 Å². The molecule has 0 radical (unpaired) electrons. The van der Waals surface area contributed by atoms with Gasteiger partial charge in [-0.1, -0.05) is 18.2 Å². The lowest BCUT2D eigenvalue weighted by molar-refractivity contribution is 0.0530. The zero-order valence-corrected chi connectivity index (χ0v) is 14.4. The number of hydrogen-bond donors (Lipinski definition) is 1. The fraction of sp³-hybridized carbons (Fsp3) is 0.235. The number of carbonyl (C=O) groups is 2. The quantitative estimate of drug-likeness (QED) is 0.737. The largest absolute Gasteiger partial charge is 0.462 e. The number of carbonyl (C=O) groups excluding carboxylic acids is 2. The number of nitrogens with one attached hydrogen (secondary N) is 1. The fourth-order valence-corrected chi connectivity index (χ4v) is 3.62. The molecule has 0 saturated heterocycles. The molecular formula is C17H17N3O3S. The van der Waals surface area contributed by atoms with Crippen LogP contribution in [0.1, 0.15) is 33.3 Å². The maximum atomic E-state index is 12.5. The minimum absolute atomic E-state index is 0.274. The van der Waals surface area contributed by atoms with E-state index in [0.717, 1.165) is 15.6 Å². The van der Waals surface area contributed by atoms with Crippen molar-refractivity contribution in [2.45, 2.75) is 13.8 Å². The van der Waals surface area contributed by atoms with Crippen molar-refractivity contribution in [2.24, 2.45) is 7.05 Å². The van der Waals surface area contributed by atoms with Gasteiger partial charge in [-0.3, -0.25) is 9.48 Å². The van der Waals surface area contributed by atoms with Gasteiger partial charge in [0.05, 0.1) is 6.61 Å². The van der Waals surface area contributed by atoms with E-state index in [1.165, 1.54) is 11.3 Å². The van der Waals surface area contributed by atoms with E-state index in [4.69, 9.17) is 4.74 Å². The molecule has 3 aromatic rings. The lowest BCUT2D eigenvalue weighted by Gasteiger charge is -2.06. The van der Waals surface area contributed by atoms with Crippen LogP contribution in [0.4, 0.5) is 5.00 Å². The van der Waals surface area contributed by atoms with E-state index in [1.807, 2.05) is 31.2 Å². The average Bonchev–Trinajstić information content (AvgIpc) is 3.06. The molecule has 0 aliphatic heterocycles. The van der Waals surface area contributed by atoms with Crippen molar-refractivity contribution < 1.29 is 14.3 Å². The zero-order valence-electron chi connectivity index (χ0n) is 13.6. The molecule has 2 heterocycles. The summed E-state index contributed by atoms with van der Waals surface area (Å²) in [6, 6.07) is 7.50. The summed E-state index contributed by atoms with van der Waals surface area (Å²) in [4.78, 5) is 24.9. The first-order valence-corrected chi connectivity index (χ1v) is 8.33. The molecule has 0 bridgehead atoms. The summed E-state index contributed by atoms with van der Waals surface area (Å²) in [6.07, 6.45) is 1.77. The maximum Gasteiger partial charge on any atom is 0.341 e. The van der Waals surface area contributed by atoms with Crippen LogP contribution in [-0.4, -0.2) is 28.3 Å². The number of rotatable bonds is 4. The first-order chi connectivity index (χ1) is 11.5. The predicted molar refractivity (Wildman–Crippen MR) is 93.7 cm³/mol. The molecule has 0 atom stereocenters. The second-order valence-corrected chi connectivity index (χ2v) is 6.36. The predicted octanol–water partition coefficient (Wildman–Crippen LogP) is 3.37. The van der Waals surface area contributed by atoms with Crippen LogP contribution in [0.15, 0.2) is 30.5 Å². The third-order valence-electron chi connectivity index (χ3n) is 3.53. The molecule has 3 rings (SSSR count). The Morgan fingerprint density at radius 2 is 2.08 bits per heavy atom. The molecule has 0 unspecified atom stereocenters. The highest BCUT2D eigenvalue weighted by atomic mass is 32.1. The smallest absolute Gasteiger partial charge is 0.341 e. The van der Waals surface area contributed by atoms with Crippen molar-refractivity contribution >= 4 is 38.3 Å². The molecule has 6 nitrogen and oxygen atoms in total. The molecule has 124 valence electrons. The Balaban J connectivity index is 2.02. The van der Waals surface area contributed by atoms with Crippen LogP contribution < -0.4 is 5.32 Å². The number of aryl methyl sites for hydroxylation is 2. The van der Waals surface area contributed by atoms with Gasteiger partial charge >= 0.3 is 5.97 Å². The summed E-state index contributed by atoms with van der Waals surface area (Å²) in [5, 5.41) is 8.23. The van der Waals surface area contributed by atoms with E-state index >= 15 is 0 Å². The lowest BCUT2D eigenvalue weighted by atomic mass is 10.1. The number of fused-ring (bicyclic) bond motifs is 1. The van der Waals surface area contributed by atoms with Gasteiger partial charge in [-0.15, -0.1) is 11.3 Å². The molecule has 24 heavy (non-hydrogen) atoms. The maximum absolute atomic E-state index is 12.5. The van der Waals surface area contributed by atoms with Crippen LogP contribution in [0.3, 0.4) is 0 Å². The summed E-state index contributed by atoms with van der Waals surface area (Å²) in [5.41, 5.74) is 1.50. The molecule has 0 aliphatic rings. The second kappa shape index (κ2) is 6.45. The van der Waals surface area contributed by atoms with Gasteiger partial charge in [0.15, 0.2) is 5.69 Å². The number of amides is 1. The number of esters is 1. The van der Waals surface area contributed by atoms with E-state index in [2.05, 4.69) is 10.4 Å². The van der Waals surface area contributed by atoms with Crippen LogP contribution >= 0.6 is 11.3 Å². The van der Waals surface area contributed by atoms with Gasteiger partial charge in [0.1, 0.15) is 10.6 Å². The first kappa shape index (κ1) is 16.2. The third-order valence-corrected chi connectivity index (χ3v) is 4.62. The van der Waals surface area contributed by atoms with Crippen LogP contribution in [0.25, 0.3) is 10.1 Å². The van der Waals surface area contributed by atoms with E-state index in [-0.39, 0.29) is 12.5 Å². The number of anilines is 1. The zero-order chi connectivity index (χ0) is 17.3.